The van der Waals surface area contributed by atoms with E-state index in [-0.39, 0.29) is 12.5 Å². The molecular weight excluding hydrogens is 398 g/mol. The number of carbonyl (C=O) groups excluding carboxylic acids is 1. The predicted octanol–water partition coefficient (Wildman–Crippen LogP) is 3.69. The van der Waals surface area contributed by atoms with Crippen LogP contribution in [-0.4, -0.2) is 49.3 Å². The van der Waals surface area contributed by atoms with E-state index in [1.807, 2.05) is 0 Å². The summed E-state index contributed by atoms with van der Waals surface area (Å²) >= 11 is 5.90. The van der Waals surface area contributed by atoms with Crippen molar-refractivity contribution in [3.8, 4) is 28.6 Å². The van der Waals surface area contributed by atoms with Crippen molar-refractivity contribution >= 4 is 17.5 Å². The highest BCUT2D eigenvalue weighted by molar-refractivity contribution is 6.30. The summed E-state index contributed by atoms with van der Waals surface area (Å²) in [6.45, 7) is 0.122. The zero-order valence-corrected chi connectivity index (χ0v) is 17.2. The van der Waals surface area contributed by atoms with E-state index in [1.165, 1.54) is 26.2 Å². The van der Waals surface area contributed by atoms with Crippen molar-refractivity contribution < 1.29 is 23.5 Å². The molecule has 3 aromatic rings. The quantitative estimate of drug-likeness (QED) is 0.579. The highest BCUT2D eigenvalue weighted by Crippen LogP contribution is 2.35. The van der Waals surface area contributed by atoms with Crippen LogP contribution in [0.3, 0.4) is 0 Å². The molecule has 0 radical (unpaired) electrons. The van der Waals surface area contributed by atoms with E-state index in [0.717, 1.165) is 5.56 Å². The molecule has 152 valence electrons. The second-order valence-corrected chi connectivity index (χ2v) is 6.52. The smallest absolute Gasteiger partial charge is 0.257 e. The van der Waals surface area contributed by atoms with Crippen LogP contribution in [-0.2, 0) is 6.54 Å². The van der Waals surface area contributed by atoms with Crippen LogP contribution in [0.2, 0.25) is 5.02 Å². The number of hydrogen-bond donors (Lipinski definition) is 0. The van der Waals surface area contributed by atoms with Gasteiger partial charge in [0.2, 0.25) is 11.7 Å². The molecule has 0 spiro atoms. The number of ether oxygens (including phenoxy) is 3. The summed E-state index contributed by atoms with van der Waals surface area (Å²) < 4.78 is 21.1. The summed E-state index contributed by atoms with van der Waals surface area (Å²) in [5.41, 5.74) is 1.09. The van der Waals surface area contributed by atoms with Gasteiger partial charge in [-0.05, 0) is 24.3 Å². The first-order valence-corrected chi connectivity index (χ1v) is 8.98. The second-order valence-electron chi connectivity index (χ2n) is 6.09. The molecular formula is C20H20ClN3O5. The average Bonchev–Trinajstić information content (AvgIpc) is 3.20. The minimum Gasteiger partial charge on any atom is -0.496 e. The molecule has 0 N–H and O–H groups in total. The van der Waals surface area contributed by atoms with Crippen LogP contribution in [0.1, 0.15) is 16.2 Å². The lowest BCUT2D eigenvalue weighted by Gasteiger charge is -2.18. The first-order chi connectivity index (χ1) is 14.0. The maximum atomic E-state index is 13.0. The average molecular weight is 418 g/mol. The lowest BCUT2D eigenvalue weighted by atomic mass is 10.1. The molecule has 0 aliphatic rings. The predicted molar refractivity (Wildman–Crippen MR) is 107 cm³/mol. The lowest BCUT2D eigenvalue weighted by molar-refractivity contribution is 0.0765. The Hall–Kier alpha value is -3.26. The van der Waals surface area contributed by atoms with Gasteiger partial charge in [0.25, 0.3) is 5.91 Å². The van der Waals surface area contributed by atoms with Crippen molar-refractivity contribution in [2.45, 2.75) is 6.54 Å². The molecule has 0 bridgehead atoms. The fourth-order valence-corrected chi connectivity index (χ4v) is 2.84. The third kappa shape index (κ3) is 4.43. The molecule has 1 heterocycles. The number of hydrogen-bond acceptors (Lipinski definition) is 7. The number of aromatic nitrogens is 2. The van der Waals surface area contributed by atoms with Crippen LogP contribution in [0.5, 0.6) is 17.2 Å². The SMILES string of the molecule is COc1cc(OC)c(C(=O)N(C)Cc2nc(-c3ccc(Cl)cc3)no2)cc1OC. The maximum absolute atomic E-state index is 13.0. The molecule has 1 amide bonds. The lowest BCUT2D eigenvalue weighted by Crippen LogP contribution is -2.26. The molecule has 0 aliphatic carbocycles. The zero-order valence-electron chi connectivity index (χ0n) is 16.4. The molecule has 1 aromatic heterocycles. The van der Waals surface area contributed by atoms with Gasteiger partial charge in [-0.15, -0.1) is 0 Å². The van der Waals surface area contributed by atoms with Crippen LogP contribution in [0.4, 0.5) is 0 Å². The van der Waals surface area contributed by atoms with Gasteiger partial charge in [-0.3, -0.25) is 4.79 Å². The van der Waals surface area contributed by atoms with Crippen molar-refractivity contribution in [1.82, 2.24) is 15.0 Å². The normalized spacial score (nSPS) is 10.5. The van der Waals surface area contributed by atoms with E-state index < -0.39 is 0 Å². The van der Waals surface area contributed by atoms with Crippen LogP contribution >= 0.6 is 11.6 Å². The van der Waals surface area contributed by atoms with Crippen LogP contribution in [0.15, 0.2) is 40.9 Å². The highest BCUT2D eigenvalue weighted by atomic mass is 35.5. The van der Waals surface area contributed by atoms with Crippen molar-refractivity contribution in [2.24, 2.45) is 0 Å². The highest BCUT2D eigenvalue weighted by Gasteiger charge is 2.22. The third-order valence-electron chi connectivity index (χ3n) is 4.23. The maximum Gasteiger partial charge on any atom is 0.257 e. The van der Waals surface area contributed by atoms with Gasteiger partial charge in [0.05, 0.1) is 26.9 Å². The summed E-state index contributed by atoms with van der Waals surface area (Å²) in [6, 6.07) is 10.2. The Bertz CT molecular complexity index is 1000. The molecule has 0 aliphatic heterocycles. The van der Waals surface area contributed by atoms with Gasteiger partial charge in [0, 0.05) is 29.8 Å². The van der Waals surface area contributed by atoms with Gasteiger partial charge in [-0.25, -0.2) is 0 Å². The van der Waals surface area contributed by atoms with Gasteiger partial charge in [0.15, 0.2) is 11.5 Å². The number of carbonyl (C=O) groups is 1. The Morgan fingerprint density at radius 1 is 1.03 bits per heavy atom. The largest absolute Gasteiger partial charge is 0.496 e. The molecule has 0 atom stereocenters. The first-order valence-electron chi connectivity index (χ1n) is 8.60. The number of benzene rings is 2. The molecule has 3 rings (SSSR count). The van der Waals surface area contributed by atoms with E-state index in [1.54, 1.807) is 43.4 Å². The number of halogens is 1. The molecule has 0 saturated carbocycles. The Morgan fingerprint density at radius 3 is 2.28 bits per heavy atom. The molecule has 29 heavy (non-hydrogen) atoms. The summed E-state index contributed by atoms with van der Waals surface area (Å²) in [5, 5.41) is 4.57. The van der Waals surface area contributed by atoms with E-state index in [9.17, 15) is 4.79 Å². The van der Waals surface area contributed by atoms with Crippen LogP contribution in [0.25, 0.3) is 11.4 Å². The summed E-state index contributed by atoms with van der Waals surface area (Å²) in [6.07, 6.45) is 0. The number of methoxy groups -OCH3 is 3. The Balaban J connectivity index is 1.80. The number of nitrogens with zero attached hydrogens (tertiary/aromatic N) is 3. The monoisotopic (exact) mass is 417 g/mol. The van der Waals surface area contributed by atoms with Crippen LogP contribution in [0, 0.1) is 0 Å². The number of rotatable bonds is 7. The molecule has 0 fully saturated rings. The van der Waals surface area contributed by atoms with Gasteiger partial charge in [-0.1, -0.05) is 16.8 Å². The molecule has 8 nitrogen and oxygen atoms in total. The van der Waals surface area contributed by atoms with Gasteiger partial charge in [0.1, 0.15) is 12.3 Å². The fourth-order valence-electron chi connectivity index (χ4n) is 2.71. The fraction of sp³-hybridized carbons (Fsp3) is 0.250. The van der Waals surface area contributed by atoms with Gasteiger partial charge >= 0.3 is 0 Å². The Labute approximate surface area is 172 Å². The molecule has 0 unspecified atom stereocenters. The van der Waals surface area contributed by atoms with E-state index in [2.05, 4.69) is 10.1 Å². The standard InChI is InChI=1S/C20H20ClN3O5/c1-24(11-18-22-19(23-29-18)12-5-7-13(21)8-6-12)20(25)14-9-16(27-3)17(28-4)10-15(14)26-2/h5-10H,11H2,1-4H3. The third-order valence-corrected chi connectivity index (χ3v) is 4.48. The van der Waals surface area contributed by atoms with Crippen LogP contribution < -0.4 is 14.2 Å². The zero-order chi connectivity index (χ0) is 21.0. The Morgan fingerprint density at radius 2 is 1.66 bits per heavy atom. The molecule has 9 heteroatoms. The van der Waals surface area contributed by atoms with Gasteiger partial charge < -0.3 is 23.6 Å². The van der Waals surface area contributed by atoms with Crippen molar-refractivity contribution in [3.05, 3.63) is 52.9 Å². The summed E-state index contributed by atoms with van der Waals surface area (Å²) in [5.74, 6) is 1.67. The van der Waals surface area contributed by atoms with E-state index >= 15 is 0 Å². The summed E-state index contributed by atoms with van der Waals surface area (Å²) in [7, 11) is 6.12. The van der Waals surface area contributed by atoms with Crippen molar-refractivity contribution in [3.63, 3.8) is 0 Å². The minimum atomic E-state index is -0.297. The first kappa shape index (κ1) is 20.5. The molecule has 0 saturated heterocycles. The molecule has 2 aromatic carbocycles. The van der Waals surface area contributed by atoms with E-state index in [4.69, 9.17) is 30.3 Å². The Kier molecular flexibility index (Phi) is 6.23. The second kappa shape index (κ2) is 8.83. The van der Waals surface area contributed by atoms with Crippen molar-refractivity contribution in [2.75, 3.05) is 28.4 Å². The van der Waals surface area contributed by atoms with Gasteiger partial charge in [-0.2, -0.15) is 4.98 Å². The van der Waals surface area contributed by atoms with E-state index in [0.29, 0.717) is 39.5 Å². The number of amides is 1. The summed E-state index contributed by atoms with van der Waals surface area (Å²) in [4.78, 5) is 18.7. The topological polar surface area (TPSA) is 86.9 Å². The minimum absolute atomic E-state index is 0.122. The van der Waals surface area contributed by atoms with Crippen molar-refractivity contribution in [1.29, 1.82) is 0 Å².